The molecule has 0 atom stereocenters. The molecule has 0 unspecified atom stereocenters. The highest BCUT2D eigenvalue weighted by Gasteiger charge is 2.22. The molecule has 3 heterocycles. The van der Waals surface area contributed by atoms with Crippen LogP contribution in [-0.2, 0) is 0 Å². The van der Waals surface area contributed by atoms with Crippen LogP contribution in [0.25, 0.3) is 99.1 Å². The van der Waals surface area contributed by atoms with Crippen LogP contribution in [0, 0.1) is 0 Å². The molecule has 0 bridgehead atoms. The Hall–Kier alpha value is -6.78. The molecule has 0 N–H and O–H groups in total. The highest BCUT2D eigenvalue weighted by Crippen LogP contribution is 2.42. The van der Waals surface area contributed by atoms with E-state index in [0.29, 0.717) is 0 Å². The molecule has 4 heteroatoms. The predicted octanol–water partition coefficient (Wildman–Crippen LogP) is 11.8. The van der Waals surface area contributed by atoms with Crippen molar-refractivity contribution in [3.63, 3.8) is 0 Å². The molecule has 0 radical (unpaired) electrons. The first-order chi connectivity index (χ1) is 24.8. The minimum absolute atomic E-state index is 0.830. The Bertz CT molecular complexity index is 3150. The van der Waals surface area contributed by atoms with Crippen LogP contribution in [0.3, 0.4) is 0 Å². The fourth-order valence-electron chi connectivity index (χ4n) is 7.96. The van der Waals surface area contributed by atoms with Gasteiger partial charge in [0.2, 0.25) is 5.95 Å². The first kappa shape index (κ1) is 27.2. The number of nitrogens with zero attached hydrogens (tertiary/aromatic N) is 4. The number of hydrogen-bond donors (Lipinski definition) is 0. The second kappa shape index (κ2) is 10.4. The number of imidazole rings is 1. The Morgan fingerprint density at radius 3 is 1.84 bits per heavy atom. The van der Waals surface area contributed by atoms with Gasteiger partial charge in [-0.15, -0.1) is 0 Å². The molecular weight excluding hydrogens is 609 g/mol. The molecular formula is C46H28N4. The van der Waals surface area contributed by atoms with Gasteiger partial charge in [0.15, 0.2) is 0 Å². The summed E-state index contributed by atoms with van der Waals surface area (Å²) in [6, 6.07) is 60.8. The monoisotopic (exact) mass is 636 g/mol. The average molecular weight is 637 g/mol. The van der Waals surface area contributed by atoms with Crippen LogP contribution in [-0.4, -0.2) is 18.9 Å². The number of fused-ring (bicyclic) bond motifs is 11. The Morgan fingerprint density at radius 1 is 0.380 bits per heavy atom. The number of para-hydroxylation sites is 4. The fourth-order valence-corrected chi connectivity index (χ4v) is 7.96. The third-order valence-electron chi connectivity index (χ3n) is 10.3. The minimum atomic E-state index is 0.830. The van der Waals surface area contributed by atoms with Crippen LogP contribution in [0.15, 0.2) is 170 Å². The van der Waals surface area contributed by atoms with Crippen LogP contribution in [0.1, 0.15) is 0 Å². The van der Waals surface area contributed by atoms with Crippen molar-refractivity contribution in [1.82, 2.24) is 18.9 Å². The largest absolute Gasteiger partial charge is 0.278 e. The van der Waals surface area contributed by atoms with Crippen LogP contribution >= 0.6 is 0 Å². The lowest BCUT2D eigenvalue weighted by atomic mass is 9.93. The van der Waals surface area contributed by atoms with E-state index in [1.165, 1.54) is 54.6 Å². The predicted molar refractivity (Wildman–Crippen MR) is 208 cm³/mol. The van der Waals surface area contributed by atoms with Crippen LogP contribution in [0.2, 0.25) is 0 Å². The van der Waals surface area contributed by atoms with E-state index in [1.54, 1.807) is 0 Å². The maximum Gasteiger partial charge on any atom is 0.221 e. The Labute approximate surface area is 287 Å². The highest BCUT2D eigenvalue weighted by molar-refractivity contribution is 6.22. The third kappa shape index (κ3) is 3.87. The lowest BCUT2D eigenvalue weighted by Crippen LogP contribution is -2.06. The molecule has 3 aromatic heterocycles. The fraction of sp³-hybridized carbons (Fsp3) is 0. The SMILES string of the molecule is c1ccc2cc(-c3ccc(-c4cc5c6ccccc6n(-c6nc7ccccc7c7nc8ccccc8n67)c5c5ccccc45)cc3)ccc2c1. The van der Waals surface area contributed by atoms with Gasteiger partial charge < -0.3 is 0 Å². The Kier molecular flexibility index (Phi) is 5.63. The standard InChI is InChI=1S/C46H28N4/c1-2-12-32-27-33(26-23-29(32)11-1)30-21-24-31(25-22-30)38-28-39-35-14-6-9-19-42(35)49(44(39)36-15-4-3-13-34(36)38)46-48-40-17-7-5-16-37(40)45-47-41-18-8-10-20-43(41)50(45)46/h1-28H. The molecule has 0 aliphatic heterocycles. The summed E-state index contributed by atoms with van der Waals surface area (Å²) in [5, 5.41) is 8.32. The summed E-state index contributed by atoms with van der Waals surface area (Å²) < 4.78 is 4.59. The Morgan fingerprint density at radius 2 is 1.00 bits per heavy atom. The van der Waals surface area contributed by atoms with E-state index in [-0.39, 0.29) is 0 Å². The molecule has 4 nitrogen and oxygen atoms in total. The number of aromatic nitrogens is 4. The maximum atomic E-state index is 5.40. The lowest BCUT2D eigenvalue weighted by molar-refractivity contribution is 0.982. The lowest BCUT2D eigenvalue weighted by Gasteiger charge is -2.15. The molecule has 11 rings (SSSR count). The van der Waals surface area contributed by atoms with E-state index in [9.17, 15) is 0 Å². The summed E-state index contributed by atoms with van der Waals surface area (Å²) in [6.07, 6.45) is 0. The maximum absolute atomic E-state index is 5.40. The van der Waals surface area contributed by atoms with Crippen molar-refractivity contribution in [3.8, 4) is 28.2 Å². The van der Waals surface area contributed by atoms with Crippen molar-refractivity contribution in [2.75, 3.05) is 0 Å². The minimum Gasteiger partial charge on any atom is -0.278 e. The van der Waals surface area contributed by atoms with E-state index < -0.39 is 0 Å². The van der Waals surface area contributed by atoms with Gasteiger partial charge >= 0.3 is 0 Å². The van der Waals surface area contributed by atoms with Gasteiger partial charge in [-0.3, -0.25) is 8.97 Å². The van der Waals surface area contributed by atoms with Crippen molar-refractivity contribution in [2.45, 2.75) is 0 Å². The summed E-state index contributed by atoms with van der Waals surface area (Å²) in [4.78, 5) is 10.5. The summed E-state index contributed by atoms with van der Waals surface area (Å²) in [5.74, 6) is 0.830. The summed E-state index contributed by atoms with van der Waals surface area (Å²) in [7, 11) is 0. The summed E-state index contributed by atoms with van der Waals surface area (Å²) in [6.45, 7) is 0. The van der Waals surface area contributed by atoms with Gasteiger partial charge in [0.05, 0.1) is 27.6 Å². The van der Waals surface area contributed by atoms with Gasteiger partial charge in [-0.1, -0.05) is 127 Å². The van der Waals surface area contributed by atoms with E-state index in [4.69, 9.17) is 9.97 Å². The molecule has 0 aliphatic carbocycles. The molecule has 0 amide bonds. The quantitative estimate of drug-likeness (QED) is 0.193. The molecule has 0 fully saturated rings. The zero-order valence-corrected chi connectivity index (χ0v) is 27.0. The second-order valence-corrected chi connectivity index (χ2v) is 13.0. The summed E-state index contributed by atoms with van der Waals surface area (Å²) >= 11 is 0. The van der Waals surface area contributed by atoms with E-state index >= 15 is 0 Å². The van der Waals surface area contributed by atoms with Crippen molar-refractivity contribution < 1.29 is 0 Å². The Balaban J connectivity index is 1.19. The molecule has 232 valence electrons. The molecule has 0 saturated carbocycles. The zero-order chi connectivity index (χ0) is 32.8. The number of hydrogen-bond acceptors (Lipinski definition) is 2. The molecule has 0 saturated heterocycles. The summed E-state index contributed by atoms with van der Waals surface area (Å²) in [5.41, 5.74) is 10.9. The molecule has 50 heavy (non-hydrogen) atoms. The highest BCUT2D eigenvalue weighted by atomic mass is 15.2. The normalized spacial score (nSPS) is 12.0. The van der Waals surface area contributed by atoms with E-state index in [0.717, 1.165) is 44.6 Å². The number of benzene rings is 8. The molecule has 8 aromatic carbocycles. The zero-order valence-electron chi connectivity index (χ0n) is 27.0. The molecule has 0 spiro atoms. The first-order valence-electron chi connectivity index (χ1n) is 17.0. The van der Waals surface area contributed by atoms with E-state index in [2.05, 4.69) is 173 Å². The third-order valence-corrected chi connectivity index (χ3v) is 10.3. The van der Waals surface area contributed by atoms with Crippen molar-refractivity contribution >= 4 is 70.9 Å². The van der Waals surface area contributed by atoms with Gasteiger partial charge in [0, 0.05) is 21.5 Å². The van der Waals surface area contributed by atoms with Gasteiger partial charge in [-0.25, -0.2) is 9.97 Å². The van der Waals surface area contributed by atoms with Gasteiger partial charge in [-0.2, -0.15) is 0 Å². The van der Waals surface area contributed by atoms with Gasteiger partial charge in [0.1, 0.15) is 5.65 Å². The molecule has 0 aliphatic rings. The van der Waals surface area contributed by atoms with Crippen LogP contribution in [0.5, 0.6) is 0 Å². The van der Waals surface area contributed by atoms with Crippen molar-refractivity contribution in [2.24, 2.45) is 0 Å². The first-order valence-corrected chi connectivity index (χ1v) is 17.0. The van der Waals surface area contributed by atoms with Crippen molar-refractivity contribution in [3.05, 3.63) is 170 Å². The second-order valence-electron chi connectivity index (χ2n) is 13.0. The van der Waals surface area contributed by atoms with Gasteiger partial charge in [-0.05, 0) is 80.9 Å². The smallest absolute Gasteiger partial charge is 0.221 e. The topological polar surface area (TPSA) is 35.1 Å². The van der Waals surface area contributed by atoms with Crippen molar-refractivity contribution in [1.29, 1.82) is 0 Å². The van der Waals surface area contributed by atoms with Gasteiger partial charge in [0.25, 0.3) is 0 Å². The number of rotatable bonds is 3. The van der Waals surface area contributed by atoms with Crippen LogP contribution in [0.4, 0.5) is 0 Å². The van der Waals surface area contributed by atoms with E-state index in [1.807, 2.05) is 6.07 Å². The molecule has 11 aromatic rings. The average Bonchev–Trinajstić information content (AvgIpc) is 3.74. The van der Waals surface area contributed by atoms with Crippen LogP contribution < -0.4 is 0 Å².